The number of para-hydroxylation sites is 1. The molecule has 0 saturated heterocycles. The zero-order valence-electron chi connectivity index (χ0n) is 15.2. The van der Waals surface area contributed by atoms with Crippen molar-refractivity contribution in [1.82, 2.24) is 0 Å². The average molecular weight is 354 g/mol. The highest BCUT2D eigenvalue weighted by Gasteiger charge is 2.19. The molecule has 0 atom stereocenters. The third-order valence-electron chi connectivity index (χ3n) is 3.90. The van der Waals surface area contributed by atoms with Gasteiger partial charge in [0.25, 0.3) is 0 Å². The first-order chi connectivity index (χ1) is 12.2. The van der Waals surface area contributed by atoms with E-state index in [0.29, 0.717) is 22.4 Å². The summed E-state index contributed by atoms with van der Waals surface area (Å²) >= 11 is 0. The van der Waals surface area contributed by atoms with Crippen LogP contribution in [-0.4, -0.2) is 28.1 Å². The fraction of sp³-hybridized carbons (Fsp3) is 0.238. The van der Waals surface area contributed by atoms with Crippen LogP contribution in [0.25, 0.3) is 6.08 Å². The molecule has 136 valence electrons. The van der Waals surface area contributed by atoms with Crippen LogP contribution in [-0.2, 0) is 0 Å². The van der Waals surface area contributed by atoms with E-state index in [-0.39, 0.29) is 28.8 Å². The van der Waals surface area contributed by atoms with E-state index >= 15 is 0 Å². The Hall–Kier alpha value is -3.08. The molecule has 0 aliphatic carbocycles. The van der Waals surface area contributed by atoms with E-state index in [1.807, 2.05) is 13.8 Å². The van der Waals surface area contributed by atoms with Gasteiger partial charge in [0.15, 0.2) is 5.78 Å². The number of ether oxygens (including phenoxy) is 1. The summed E-state index contributed by atoms with van der Waals surface area (Å²) in [6.45, 7) is 7.09. The number of hydrogen-bond donors (Lipinski definition) is 2. The molecule has 0 amide bonds. The summed E-state index contributed by atoms with van der Waals surface area (Å²) in [7, 11) is 0. The van der Waals surface area contributed by atoms with E-state index in [0.717, 1.165) is 0 Å². The number of carboxylic acid groups (broad SMARTS) is 1. The molecule has 5 nitrogen and oxygen atoms in total. The molecule has 0 aromatic heterocycles. The third-order valence-corrected chi connectivity index (χ3v) is 3.90. The Bertz CT molecular complexity index is 878. The Morgan fingerprint density at radius 2 is 1.81 bits per heavy atom. The van der Waals surface area contributed by atoms with Crippen molar-refractivity contribution in [1.29, 1.82) is 0 Å². The van der Waals surface area contributed by atoms with Gasteiger partial charge in [-0.05, 0) is 63.6 Å². The van der Waals surface area contributed by atoms with Crippen LogP contribution in [0.5, 0.6) is 11.5 Å². The number of phenolic OH excluding ortho intramolecular Hbond substituents is 1. The summed E-state index contributed by atoms with van der Waals surface area (Å²) in [5.74, 6) is -1.02. The van der Waals surface area contributed by atoms with Crippen molar-refractivity contribution in [2.45, 2.75) is 33.8 Å². The smallest absolute Gasteiger partial charge is 0.336 e. The predicted molar refractivity (Wildman–Crippen MR) is 100 cm³/mol. The van der Waals surface area contributed by atoms with E-state index in [4.69, 9.17) is 4.74 Å². The van der Waals surface area contributed by atoms with Gasteiger partial charge in [-0.3, -0.25) is 4.79 Å². The van der Waals surface area contributed by atoms with E-state index in [1.165, 1.54) is 18.2 Å². The molecule has 0 heterocycles. The van der Waals surface area contributed by atoms with Gasteiger partial charge < -0.3 is 14.9 Å². The first-order valence-corrected chi connectivity index (χ1v) is 8.27. The van der Waals surface area contributed by atoms with Gasteiger partial charge in [-0.15, -0.1) is 0 Å². The van der Waals surface area contributed by atoms with Crippen LogP contribution < -0.4 is 4.74 Å². The fourth-order valence-electron chi connectivity index (χ4n) is 2.78. The molecule has 0 radical (unpaired) electrons. The molecule has 0 aliphatic rings. The monoisotopic (exact) mass is 354 g/mol. The first kappa shape index (κ1) is 19.2. The predicted octanol–water partition coefficient (Wildman–Crippen LogP) is 4.39. The normalized spacial score (nSPS) is 11.1. The average Bonchev–Trinajstić information content (AvgIpc) is 2.55. The minimum atomic E-state index is -1.02. The van der Waals surface area contributed by atoms with Crippen molar-refractivity contribution in [3.05, 3.63) is 64.2 Å². The molecule has 2 aromatic carbocycles. The minimum absolute atomic E-state index is 0.0885. The Morgan fingerprint density at radius 1 is 1.15 bits per heavy atom. The molecule has 0 saturated carbocycles. The third kappa shape index (κ3) is 4.11. The summed E-state index contributed by atoms with van der Waals surface area (Å²) in [5, 5.41) is 19.2. The highest BCUT2D eigenvalue weighted by atomic mass is 16.5. The van der Waals surface area contributed by atoms with Crippen molar-refractivity contribution in [3.63, 3.8) is 0 Å². The standard InChI is InChI=1S/C21H22O5/c1-12(2)26-20-14(4)19(21(24)25)13(3)11-15(20)9-10-18(23)16-7-5-6-8-17(16)22/h5-12,22H,1-4H3,(H,24,25)/b10-9+. The minimum Gasteiger partial charge on any atom is -0.507 e. The summed E-state index contributed by atoms with van der Waals surface area (Å²) in [6, 6.07) is 7.98. The number of carbonyl (C=O) groups is 2. The van der Waals surface area contributed by atoms with Crippen LogP contribution in [0.1, 0.15) is 51.3 Å². The number of benzene rings is 2. The Morgan fingerprint density at radius 3 is 2.38 bits per heavy atom. The molecular formula is C21H22O5. The van der Waals surface area contributed by atoms with Gasteiger partial charge >= 0.3 is 5.97 Å². The van der Waals surface area contributed by atoms with Crippen molar-refractivity contribution >= 4 is 17.8 Å². The largest absolute Gasteiger partial charge is 0.507 e. The molecule has 2 aromatic rings. The highest BCUT2D eigenvalue weighted by molar-refractivity contribution is 6.08. The van der Waals surface area contributed by atoms with Crippen LogP contribution in [0.4, 0.5) is 0 Å². The number of hydrogen-bond acceptors (Lipinski definition) is 4. The number of aryl methyl sites for hydroxylation is 1. The quantitative estimate of drug-likeness (QED) is 0.594. The number of aromatic carboxylic acids is 1. The highest BCUT2D eigenvalue weighted by Crippen LogP contribution is 2.32. The van der Waals surface area contributed by atoms with Crippen LogP contribution in [0.2, 0.25) is 0 Å². The molecule has 2 N–H and O–H groups in total. The maximum Gasteiger partial charge on any atom is 0.336 e. The summed E-state index contributed by atoms with van der Waals surface area (Å²) < 4.78 is 5.81. The van der Waals surface area contributed by atoms with Crippen molar-refractivity contribution in [2.75, 3.05) is 0 Å². The van der Waals surface area contributed by atoms with Crippen LogP contribution in [0.3, 0.4) is 0 Å². The summed E-state index contributed by atoms with van der Waals surface area (Å²) in [5.41, 5.74) is 2.11. The van der Waals surface area contributed by atoms with Crippen molar-refractivity contribution in [3.8, 4) is 11.5 Å². The molecule has 2 rings (SSSR count). The molecule has 26 heavy (non-hydrogen) atoms. The molecule has 0 spiro atoms. The molecule has 0 fully saturated rings. The Labute approximate surface area is 152 Å². The number of ketones is 1. The van der Waals surface area contributed by atoms with Crippen molar-refractivity contribution < 1.29 is 24.5 Å². The van der Waals surface area contributed by atoms with E-state index in [9.17, 15) is 19.8 Å². The zero-order valence-corrected chi connectivity index (χ0v) is 15.2. The molecule has 0 bridgehead atoms. The second-order valence-corrected chi connectivity index (χ2v) is 6.30. The number of rotatable bonds is 6. The van der Waals surface area contributed by atoms with E-state index in [1.54, 1.807) is 38.1 Å². The van der Waals surface area contributed by atoms with Gasteiger partial charge in [0.1, 0.15) is 11.5 Å². The lowest BCUT2D eigenvalue weighted by Crippen LogP contribution is -2.12. The number of phenols is 1. The number of allylic oxidation sites excluding steroid dienone is 1. The number of aromatic hydroxyl groups is 1. The summed E-state index contributed by atoms with van der Waals surface area (Å²) in [6.07, 6.45) is 2.77. The lowest BCUT2D eigenvalue weighted by atomic mass is 9.97. The topological polar surface area (TPSA) is 83.8 Å². The van der Waals surface area contributed by atoms with Crippen LogP contribution in [0, 0.1) is 13.8 Å². The maximum atomic E-state index is 12.3. The van der Waals surface area contributed by atoms with Crippen molar-refractivity contribution in [2.24, 2.45) is 0 Å². The number of carbonyl (C=O) groups excluding carboxylic acids is 1. The van der Waals surface area contributed by atoms with Crippen LogP contribution in [0.15, 0.2) is 36.4 Å². The second kappa shape index (κ2) is 7.87. The SMILES string of the molecule is Cc1cc(/C=C/C(=O)c2ccccc2O)c(OC(C)C)c(C)c1C(=O)O. The lowest BCUT2D eigenvalue weighted by molar-refractivity contribution is 0.0694. The second-order valence-electron chi connectivity index (χ2n) is 6.30. The maximum absolute atomic E-state index is 12.3. The van der Waals surface area contributed by atoms with Gasteiger partial charge in [0, 0.05) is 11.1 Å². The molecular weight excluding hydrogens is 332 g/mol. The molecule has 5 heteroatoms. The first-order valence-electron chi connectivity index (χ1n) is 8.27. The number of carboxylic acids is 1. The summed E-state index contributed by atoms with van der Waals surface area (Å²) in [4.78, 5) is 23.9. The van der Waals surface area contributed by atoms with E-state index < -0.39 is 5.97 Å². The lowest BCUT2D eigenvalue weighted by Gasteiger charge is -2.18. The van der Waals surface area contributed by atoms with Gasteiger partial charge in [0.2, 0.25) is 0 Å². The fourth-order valence-corrected chi connectivity index (χ4v) is 2.78. The Balaban J connectivity index is 2.49. The van der Waals surface area contributed by atoms with E-state index in [2.05, 4.69) is 0 Å². The molecule has 0 aliphatic heterocycles. The van der Waals surface area contributed by atoms with Gasteiger partial charge in [-0.1, -0.05) is 12.1 Å². The van der Waals surface area contributed by atoms with Gasteiger partial charge in [0.05, 0.1) is 17.2 Å². The van der Waals surface area contributed by atoms with Gasteiger partial charge in [-0.25, -0.2) is 4.79 Å². The van der Waals surface area contributed by atoms with Crippen LogP contribution >= 0.6 is 0 Å². The zero-order chi connectivity index (χ0) is 19.4. The molecule has 0 unspecified atom stereocenters. The Kier molecular flexibility index (Phi) is 5.82. The van der Waals surface area contributed by atoms with Gasteiger partial charge in [-0.2, -0.15) is 0 Å².